The molecule has 0 aliphatic carbocycles. The molecular weight excluding hydrogens is 260 g/mol. The summed E-state index contributed by atoms with van der Waals surface area (Å²) in [5, 5.41) is 0. The molecule has 0 heterocycles. The summed E-state index contributed by atoms with van der Waals surface area (Å²) >= 11 is 0. The Labute approximate surface area is 117 Å². The molecule has 0 unspecified atom stereocenters. The Bertz CT molecular complexity index is 545. The van der Waals surface area contributed by atoms with Gasteiger partial charge >= 0.3 is 11.9 Å². The summed E-state index contributed by atoms with van der Waals surface area (Å²) in [5.74, 6) is -1.18. The third-order valence-electron chi connectivity index (χ3n) is 2.36. The first-order chi connectivity index (χ1) is 9.49. The molecule has 1 aromatic carbocycles. The van der Waals surface area contributed by atoms with Crippen molar-refractivity contribution in [3.05, 3.63) is 41.5 Å². The largest absolute Gasteiger partial charge is 0.462 e. The average molecular weight is 276 g/mol. The molecule has 0 saturated heterocycles. The van der Waals surface area contributed by atoms with Crippen LogP contribution in [0.4, 0.5) is 0 Å². The van der Waals surface area contributed by atoms with Crippen molar-refractivity contribution in [3.8, 4) is 5.75 Å². The predicted octanol–water partition coefficient (Wildman–Crippen LogP) is 2.55. The molecule has 1 rings (SSSR count). The van der Waals surface area contributed by atoms with E-state index in [0.717, 1.165) is 0 Å². The van der Waals surface area contributed by atoms with Crippen LogP contribution in [-0.2, 0) is 9.53 Å². The van der Waals surface area contributed by atoms with Gasteiger partial charge in [-0.3, -0.25) is 4.79 Å². The lowest BCUT2D eigenvalue weighted by Crippen LogP contribution is -2.11. The minimum Gasteiger partial charge on any atom is -0.462 e. The smallest absolute Gasteiger partial charge is 0.338 e. The number of aldehydes is 1. The SMILES string of the molecule is C=C(C)C(=O)Oc1cc(C(=O)OCCC)ccc1C=O. The molecular formula is C15H16O5. The highest BCUT2D eigenvalue weighted by atomic mass is 16.5. The van der Waals surface area contributed by atoms with Gasteiger partial charge in [0, 0.05) is 5.57 Å². The molecule has 106 valence electrons. The van der Waals surface area contributed by atoms with Gasteiger partial charge in [0.1, 0.15) is 5.75 Å². The number of hydrogen-bond acceptors (Lipinski definition) is 5. The van der Waals surface area contributed by atoms with E-state index in [0.29, 0.717) is 19.3 Å². The minimum absolute atomic E-state index is 0.0129. The van der Waals surface area contributed by atoms with Gasteiger partial charge in [0.2, 0.25) is 0 Å². The molecule has 5 heteroatoms. The van der Waals surface area contributed by atoms with Crippen molar-refractivity contribution >= 4 is 18.2 Å². The lowest BCUT2D eigenvalue weighted by Gasteiger charge is -2.09. The van der Waals surface area contributed by atoms with Crippen LogP contribution in [0.2, 0.25) is 0 Å². The third-order valence-corrected chi connectivity index (χ3v) is 2.36. The van der Waals surface area contributed by atoms with E-state index < -0.39 is 11.9 Å². The van der Waals surface area contributed by atoms with Crippen molar-refractivity contribution in [2.75, 3.05) is 6.61 Å². The minimum atomic E-state index is -0.660. The standard InChI is InChI=1S/C15H16O5/c1-4-7-19-15(18)11-5-6-12(9-16)13(8-11)20-14(17)10(2)3/h5-6,8-9H,2,4,7H2,1,3H3. The van der Waals surface area contributed by atoms with Crippen LogP contribution in [0.5, 0.6) is 5.75 Å². The van der Waals surface area contributed by atoms with Crippen molar-refractivity contribution in [3.63, 3.8) is 0 Å². The highest BCUT2D eigenvalue weighted by molar-refractivity contribution is 5.94. The van der Waals surface area contributed by atoms with Crippen LogP contribution in [0.1, 0.15) is 41.0 Å². The van der Waals surface area contributed by atoms with Gasteiger partial charge < -0.3 is 9.47 Å². The zero-order chi connectivity index (χ0) is 15.1. The van der Waals surface area contributed by atoms with Gasteiger partial charge in [0.15, 0.2) is 6.29 Å². The second-order valence-electron chi connectivity index (χ2n) is 4.18. The highest BCUT2D eigenvalue weighted by Gasteiger charge is 2.14. The fourth-order valence-electron chi connectivity index (χ4n) is 1.31. The van der Waals surface area contributed by atoms with Gasteiger partial charge in [-0.2, -0.15) is 0 Å². The number of esters is 2. The molecule has 5 nitrogen and oxygen atoms in total. The summed E-state index contributed by atoms with van der Waals surface area (Å²) in [6, 6.07) is 4.15. The summed E-state index contributed by atoms with van der Waals surface area (Å²) in [6.45, 7) is 7.12. The van der Waals surface area contributed by atoms with Crippen molar-refractivity contribution in [2.24, 2.45) is 0 Å². The van der Waals surface area contributed by atoms with Crippen LogP contribution in [0.3, 0.4) is 0 Å². The molecule has 0 bridgehead atoms. The number of hydrogen-bond donors (Lipinski definition) is 0. The van der Waals surface area contributed by atoms with Crippen molar-refractivity contribution in [1.29, 1.82) is 0 Å². The van der Waals surface area contributed by atoms with E-state index in [9.17, 15) is 14.4 Å². The number of carbonyl (C=O) groups is 3. The Morgan fingerprint density at radius 2 is 2.05 bits per heavy atom. The van der Waals surface area contributed by atoms with Crippen molar-refractivity contribution in [2.45, 2.75) is 20.3 Å². The third kappa shape index (κ3) is 4.05. The molecule has 1 aromatic rings. The van der Waals surface area contributed by atoms with Crippen LogP contribution in [0, 0.1) is 0 Å². The van der Waals surface area contributed by atoms with Crippen molar-refractivity contribution < 1.29 is 23.9 Å². The number of carbonyl (C=O) groups excluding carboxylic acids is 3. The fraction of sp³-hybridized carbons (Fsp3) is 0.267. The van der Waals surface area contributed by atoms with E-state index in [1.165, 1.54) is 25.1 Å². The molecule has 0 N–H and O–H groups in total. The first-order valence-corrected chi connectivity index (χ1v) is 6.13. The van der Waals surface area contributed by atoms with Crippen LogP contribution in [0.15, 0.2) is 30.4 Å². The van der Waals surface area contributed by atoms with Gasteiger partial charge in [0.25, 0.3) is 0 Å². The second-order valence-corrected chi connectivity index (χ2v) is 4.18. The fourth-order valence-corrected chi connectivity index (χ4v) is 1.31. The molecule has 0 spiro atoms. The summed E-state index contributed by atoms with van der Waals surface area (Å²) < 4.78 is 9.99. The quantitative estimate of drug-likeness (QED) is 0.345. The average Bonchev–Trinajstić information content (AvgIpc) is 2.44. The Kier molecular flexibility index (Phi) is 5.65. The molecule has 20 heavy (non-hydrogen) atoms. The maximum atomic E-state index is 11.7. The lowest BCUT2D eigenvalue weighted by atomic mass is 10.1. The molecule has 0 fully saturated rings. The maximum absolute atomic E-state index is 11.7. The molecule has 0 aliphatic heterocycles. The topological polar surface area (TPSA) is 69.7 Å². The van der Waals surface area contributed by atoms with E-state index in [1.54, 1.807) is 0 Å². The summed E-state index contributed by atoms with van der Waals surface area (Å²) in [5.41, 5.74) is 0.584. The molecule has 0 amide bonds. The first-order valence-electron chi connectivity index (χ1n) is 6.13. The Morgan fingerprint density at radius 3 is 2.60 bits per heavy atom. The lowest BCUT2D eigenvalue weighted by molar-refractivity contribution is -0.130. The Balaban J connectivity index is 3.02. The van der Waals surface area contributed by atoms with E-state index in [-0.39, 0.29) is 22.4 Å². The zero-order valence-electron chi connectivity index (χ0n) is 11.5. The van der Waals surface area contributed by atoms with Crippen LogP contribution in [0.25, 0.3) is 0 Å². The van der Waals surface area contributed by atoms with E-state index >= 15 is 0 Å². The van der Waals surface area contributed by atoms with E-state index in [1.807, 2.05) is 6.92 Å². The Morgan fingerprint density at radius 1 is 1.35 bits per heavy atom. The summed E-state index contributed by atoms with van der Waals surface area (Å²) in [7, 11) is 0. The predicted molar refractivity (Wildman–Crippen MR) is 72.9 cm³/mol. The molecule has 0 atom stereocenters. The molecule has 0 saturated carbocycles. The van der Waals surface area contributed by atoms with Gasteiger partial charge in [-0.15, -0.1) is 0 Å². The van der Waals surface area contributed by atoms with Crippen LogP contribution >= 0.6 is 0 Å². The Hall–Kier alpha value is -2.43. The second kappa shape index (κ2) is 7.23. The van der Waals surface area contributed by atoms with Gasteiger partial charge in [-0.1, -0.05) is 13.5 Å². The first kappa shape index (κ1) is 15.6. The maximum Gasteiger partial charge on any atom is 0.338 e. The number of rotatable bonds is 6. The van der Waals surface area contributed by atoms with Gasteiger partial charge in [-0.05, 0) is 31.5 Å². The molecule has 0 aliphatic rings. The van der Waals surface area contributed by atoms with Crippen molar-refractivity contribution in [1.82, 2.24) is 0 Å². The highest BCUT2D eigenvalue weighted by Crippen LogP contribution is 2.20. The molecule has 0 aromatic heterocycles. The van der Waals surface area contributed by atoms with E-state index in [4.69, 9.17) is 9.47 Å². The number of benzene rings is 1. The normalized spacial score (nSPS) is 9.70. The zero-order valence-corrected chi connectivity index (χ0v) is 11.5. The molecule has 0 radical (unpaired) electrons. The van der Waals surface area contributed by atoms with E-state index in [2.05, 4.69) is 6.58 Å². The summed E-state index contributed by atoms with van der Waals surface area (Å²) in [4.78, 5) is 34.1. The van der Waals surface area contributed by atoms with Gasteiger partial charge in [0.05, 0.1) is 17.7 Å². The van der Waals surface area contributed by atoms with Crippen LogP contribution in [-0.4, -0.2) is 24.8 Å². The monoisotopic (exact) mass is 276 g/mol. The number of ether oxygens (including phenoxy) is 2. The summed E-state index contributed by atoms with van der Waals surface area (Å²) in [6.07, 6.45) is 1.25. The van der Waals surface area contributed by atoms with Gasteiger partial charge in [-0.25, -0.2) is 9.59 Å². The van der Waals surface area contributed by atoms with Crippen LogP contribution < -0.4 is 4.74 Å².